The lowest BCUT2D eigenvalue weighted by Gasteiger charge is -2.13. The van der Waals surface area contributed by atoms with Gasteiger partial charge in [-0.05, 0) is 29.8 Å². The Labute approximate surface area is 172 Å². The Bertz CT molecular complexity index is 961. The summed E-state index contributed by atoms with van der Waals surface area (Å²) in [6, 6.07) is 12.9. The highest BCUT2D eigenvalue weighted by Crippen LogP contribution is 2.27. The fourth-order valence-corrected chi connectivity index (χ4v) is 3.57. The smallest absolute Gasteiger partial charge is 0.253 e. The first-order valence-corrected chi connectivity index (χ1v) is 9.72. The van der Waals surface area contributed by atoms with Gasteiger partial charge in [-0.3, -0.25) is 4.79 Å². The SMILES string of the molecule is COc1ccc(CNC(=O)c2ccccc2NCc2cnc(Cl)s2)cc1OC. The van der Waals surface area contributed by atoms with Crippen LogP contribution in [0.4, 0.5) is 5.69 Å². The highest BCUT2D eigenvalue weighted by molar-refractivity contribution is 7.15. The highest BCUT2D eigenvalue weighted by atomic mass is 35.5. The number of halogens is 1. The van der Waals surface area contributed by atoms with Crippen molar-refractivity contribution >= 4 is 34.5 Å². The molecule has 28 heavy (non-hydrogen) atoms. The Morgan fingerprint density at radius 1 is 1.11 bits per heavy atom. The molecule has 0 saturated heterocycles. The Morgan fingerprint density at radius 3 is 2.61 bits per heavy atom. The van der Waals surface area contributed by atoms with Gasteiger partial charge >= 0.3 is 0 Å². The molecule has 1 amide bonds. The van der Waals surface area contributed by atoms with E-state index in [-0.39, 0.29) is 5.91 Å². The average molecular weight is 418 g/mol. The molecular formula is C20H20ClN3O3S. The van der Waals surface area contributed by atoms with Crippen molar-refractivity contribution in [1.82, 2.24) is 10.3 Å². The molecule has 146 valence electrons. The summed E-state index contributed by atoms with van der Waals surface area (Å²) in [6.07, 6.45) is 1.72. The molecule has 1 aromatic heterocycles. The largest absolute Gasteiger partial charge is 0.493 e. The number of ether oxygens (including phenoxy) is 2. The number of hydrogen-bond donors (Lipinski definition) is 2. The maximum absolute atomic E-state index is 12.7. The number of nitrogens with zero attached hydrogens (tertiary/aromatic N) is 1. The fraction of sp³-hybridized carbons (Fsp3) is 0.200. The van der Waals surface area contributed by atoms with Crippen LogP contribution >= 0.6 is 22.9 Å². The van der Waals surface area contributed by atoms with Crippen LogP contribution in [0, 0.1) is 0 Å². The molecule has 1 heterocycles. The molecule has 0 fully saturated rings. The van der Waals surface area contributed by atoms with Crippen molar-refractivity contribution in [2.75, 3.05) is 19.5 Å². The van der Waals surface area contributed by atoms with Gasteiger partial charge in [-0.1, -0.05) is 29.8 Å². The third kappa shape index (κ3) is 4.94. The Kier molecular flexibility index (Phi) is 6.73. The predicted molar refractivity (Wildman–Crippen MR) is 112 cm³/mol. The van der Waals surface area contributed by atoms with Crippen molar-refractivity contribution in [3.05, 3.63) is 69.1 Å². The summed E-state index contributed by atoms with van der Waals surface area (Å²) in [5, 5.41) is 6.21. The van der Waals surface area contributed by atoms with Crippen LogP contribution in [0.2, 0.25) is 4.47 Å². The monoisotopic (exact) mass is 417 g/mol. The molecule has 0 aliphatic rings. The van der Waals surface area contributed by atoms with Gasteiger partial charge in [-0.15, -0.1) is 11.3 Å². The van der Waals surface area contributed by atoms with Crippen molar-refractivity contribution in [1.29, 1.82) is 0 Å². The molecule has 8 heteroatoms. The number of hydrogen-bond acceptors (Lipinski definition) is 6. The molecule has 0 radical (unpaired) electrons. The number of carbonyl (C=O) groups excluding carboxylic acids is 1. The first-order chi connectivity index (χ1) is 13.6. The van der Waals surface area contributed by atoms with E-state index in [0.717, 1.165) is 16.1 Å². The minimum atomic E-state index is -0.166. The molecule has 0 spiro atoms. The lowest BCUT2D eigenvalue weighted by Crippen LogP contribution is -2.24. The van der Waals surface area contributed by atoms with Gasteiger partial charge in [-0.2, -0.15) is 0 Å². The van der Waals surface area contributed by atoms with E-state index in [1.54, 1.807) is 26.5 Å². The highest BCUT2D eigenvalue weighted by Gasteiger charge is 2.12. The van der Waals surface area contributed by atoms with Crippen LogP contribution in [-0.2, 0) is 13.1 Å². The summed E-state index contributed by atoms with van der Waals surface area (Å²) in [4.78, 5) is 17.7. The summed E-state index contributed by atoms with van der Waals surface area (Å²) in [6.45, 7) is 0.919. The first-order valence-electron chi connectivity index (χ1n) is 8.53. The second kappa shape index (κ2) is 9.43. The van der Waals surface area contributed by atoms with E-state index in [2.05, 4.69) is 15.6 Å². The number of thiazole rings is 1. The van der Waals surface area contributed by atoms with Crippen LogP contribution in [0.1, 0.15) is 20.8 Å². The number of methoxy groups -OCH3 is 2. The van der Waals surface area contributed by atoms with Crippen LogP contribution < -0.4 is 20.1 Å². The van der Waals surface area contributed by atoms with E-state index in [1.165, 1.54) is 11.3 Å². The Balaban J connectivity index is 1.66. The molecule has 0 unspecified atom stereocenters. The van der Waals surface area contributed by atoms with Crippen molar-refractivity contribution < 1.29 is 14.3 Å². The Morgan fingerprint density at radius 2 is 1.89 bits per heavy atom. The van der Waals surface area contributed by atoms with Crippen LogP contribution in [0.15, 0.2) is 48.7 Å². The number of amides is 1. The predicted octanol–water partition coefficient (Wildman–Crippen LogP) is 4.36. The number of anilines is 1. The van der Waals surface area contributed by atoms with Gasteiger partial charge in [0.05, 0.1) is 26.3 Å². The molecule has 0 atom stereocenters. The molecule has 3 aromatic rings. The quantitative estimate of drug-likeness (QED) is 0.569. The number of carbonyl (C=O) groups is 1. The third-order valence-corrected chi connectivity index (χ3v) is 5.17. The van der Waals surface area contributed by atoms with E-state index in [9.17, 15) is 4.79 Å². The second-order valence-corrected chi connectivity index (χ2v) is 7.55. The third-order valence-electron chi connectivity index (χ3n) is 4.05. The van der Waals surface area contributed by atoms with Gasteiger partial charge in [0.15, 0.2) is 16.0 Å². The lowest BCUT2D eigenvalue weighted by atomic mass is 10.1. The van der Waals surface area contributed by atoms with Crippen molar-refractivity contribution in [3.63, 3.8) is 0 Å². The molecular weight excluding hydrogens is 398 g/mol. The summed E-state index contributed by atoms with van der Waals surface area (Å²) >= 11 is 7.27. The van der Waals surface area contributed by atoms with E-state index >= 15 is 0 Å². The van der Waals surface area contributed by atoms with E-state index in [4.69, 9.17) is 21.1 Å². The van der Waals surface area contributed by atoms with Gasteiger partial charge in [0.1, 0.15) is 0 Å². The van der Waals surface area contributed by atoms with Gasteiger partial charge in [-0.25, -0.2) is 4.98 Å². The minimum Gasteiger partial charge on any atom is -0.493 e. The average Bonchev–Trinajstić information content (AvgIpc) is 3.15. The van der Waals surface area contributed by atoms with Gasteiger partial charge in [0, 0.05) is 23.3 Å². The van der Waals surface area contributed by atoms with Crippen molar-refractivity contribution in [2.24, 2.45) is 0 Å². The zero-order valence-corrected chi connectivity index (χ0v) is 17.1. The summed E-state index contributed by atoms with van der Waals surface area (Å²) in [5.41, 5.74) is 2.23. The van der Waals surface area contributed by atoms with Gasteiger partial charge in [0.2, 0.25) is 0 Å². The molecule has 3 rings (SSSR count). The van der Waals surface area contributed by atoms with E-state index < -0.39 is 0 Å². The van der Waals surface area contributed by atoms with E-state index in [1.807, 2.05) is 36.4 Å². The van der Waals surface area contributed by atoms with Crippen LogP contribution in [0.25, 0.3) is 0 Å². The van der Waals surface area contributed by atoms with E-state index in [0.29, 0.717) is 34.6 Å². The van der Waals surface area contributed by atoms with Crippen molar-refractivity contribution in [3.8, 4) is 11.5 Å². The Hall–Kier alpha value is -2.77. The maximum Gasteiger partial charge on any atom is 0.253 e. The number of nitrogens with one attached hydrogen (secondary N) is 2. The number of para-hydroxylation sites is 1. The molecule has 2 N–H and O–H groups in total. The molecule has 6 nitrogen and oxygen atoms in total. The van der Waals surface area contributed by atoms with Crippen LogP contribution in [0.5, 0.6) is 11.5 Å². The molecule has 2 aromatic carbocycles. The van der Waals surface area contributed by atoms with Gasteiger partial charge < -0.3 is 20.1 Å². The molecule has 0 aliphatic carbocycles. The fourth-order valence-electron chi connectivity index (χ4n) is 2.65. The molecule has 0 saturated carbocycles. The van der Waals surface area contributed by atoms with Crippen molar-refractivity contribution in [2.45, 2.75) is 13.1 Å². The zero-order valence-electron chi connectivity index (χ0n) is 15.5. The summed E-state index contributed by atoms with van der Waals surface area (Å²) in [7, 11) is 3.17. The minimum absolute atomic E-state index is 0.166. The number of benzene rings is 2. The molecule has 0 aliphatic heterocycles. The summed E-state index contributed by atoms with van der Waals surface area (Å²) < 4.78 is 11.0. The maximum atomic E-state index is 12.7. The summed E-state index contributed by atoms with van der Waals surface area (Å²) in [5.74, 6) is 1.11. The van der Waals surface area contributed by atoms with Crippen LogP contribution in [0.3, 0.4) is 0 Å². The topological polar surface area (TPSA) is 72.5 Å². The van der Waals surface area contributed by atoms with Gasteiger partial charge in [0.25, 0.3) is 5.91 Å². The standard InChI is InChI=1S/C20H20ClN3O3S/c1-26-17-8-7-13(9-18(17)27-2)10-23-19(25)15-5-3-4-6-16(15)22-11-14-12-24-20(21)28-14/h3-9,12,22H,10-11H2,1-2H3,(H,23,25). The second-order valence-electron chi connectivity index (χ2n) is 5.85. The first kappa shape index (κ1) is 20.0. The number of rotatable bonds is 8. The van der Waals surface area contributed by atoms with Crippen LogP contribution in [-0.4, -0.2) is 25.1 Å². The lowest BCUT2D eigenvalue weighted by molar-refractivity contribution is 0.0951. The normalized spacial score (nSPS) is 10.4. The molecule has 0 bridgehead atoms. The zero-order chi connectivity index (χ0) is 19.9. The number of aromatic nitrogens is 1.